The van der Waals surface area contributed by atoms with E-state index in [0.717, 1.165) is 24.7 Å². The first-order valence-electron chi connectivity index (χ1n) is 5.97. The van der Waals surface area contributed by atoms with Crippen LogP contribution in [0.5, 0.6) is 0 Å². The Balaban J connectivity index is 2.28. The fourth-order valence-electron chi connectivity index (χ4n) is 2.78. The van der Waals surface area contributed by atoms with E-state index in [0.29, 0.717) is 11.5 Å². The smallest absolute Gasteiger partial charge is 0.150 e. The second-order valence-electron chi connectivity index (χ2n) is 4.55. The number of alkyl halides is 1. The maximum absolute atomic E-state index is 13.2. The molecule has 0 saturated heterocycles. The van der Waals surface area contributed by atoms with Crippen molar-refractivity contribution in [1.82, 2.24) is 0 Å². The summed E-state index contributed by atoms with van der Waals surface area (Å²) in [6.45, 7) is -0.352. The van der Waals surface area contributed by atoms with Crippen molar-refractivity contribution >= 4 is 6.29 Å². The first-order chi connectivity index (χ1) is 7.86. The Labute approximate surface area is 95.7 Å². The molecule has 1 aromatic rings. The topological polar surface area (TPSA) is 17.1 Å². The Hall–Kier alpha value is -1.18. The highest BCUT2D eigenvalue weighted by Gasteiger charge is 2.27. The Morgan fingerprint density at radius 2 is 2.00 bits per heavy atom. The molecule has 0 bridgehead atoms. The molecule has 2 rings (SSSR count). The van der Waals surface area contributed by atoms with Crippen LogP contribution in [0, 0.1) is 5.92 Å². The summed E-state index contributed by atoms with van der Waals surface area (Å²) >= 11 is 0. The number of aldehydes is 1. The molecule has 1 aliphatic carbocycles. The third-order valence-electron chi connectivity index (χ3n) is 3.66. The van der Waals surface area contributed by atoms with E-state index in [9.17, 15) is 9.18 Å². The highest BCUT2D eigenvalue weighted by molar-refractivity contribution is 5.77. The summed E-state index contributed by atoms with van der Waals surface area (Å²) in [4.78, 5) is 10.9. The van der Waals surface area contributed by atoms with Crippen molar-refractivity contribution in [3.8, 4) is 0 Å². The van der Waals surface area contributed by atoms with Gasteiger partial charge in [-0.3, -0.25) is 9.18 Å². The van der Waals surface area contributed by atoms with Crippen LogP contribution in [0.15, 0.2) is 24.3 Å². The van der Waals surface area contributed by atoms with Gasteiger partial charge in [-0.25, -0.2) is 0 Å². The summed E-state index contributed by atoms with van der Waals surface area (Å²) < 4.78 is 13.2. The first kappa shape index (κ1) is 11.3. The third kappa shape index (κ3) is 2.16. The van der Waals surface area contributed by atoms with Gasteiger partial charge in [-0.2, -0.15) is 0 Å². The number of hydrogen-bond donors (Lipinski definition) is 0. The minimum Gasteiger partial charge on any atom is -0.298 e. The van der Waals surface area contributed by atoms with Gasteiger partial charge in [0.1, 0.15) is 6.29 Å². The summed E-state index contributed by atoms with van der Waals surface area (Å²) in [5.41, 5.74) is 1.55. The number of halogens is 1. The van der Waals surface area contributed by atoms with Crippen molar-refractivity contribution < 1.29 is 9.18 Å². The molecule has 16 heavy (non-hydrogen) atoms. The minimum atomic E-state index is -0.352. The van der Waals surface area contributed by atoms with Gasteiger partial charge in [0.05, 0.1) is 6.67 Å². The number of hydrogen-bond acceptors (Lipinski definition) is 1. The quantitative estimate of drug-likeness (QED) is 0.706. The second kappa shape index (κ2) is 5.24. The SMILES string of the molecule is O=Cc1ccccc1C(CF)C1CCCC1. The molecule has 1 nitrogen and oxygen atoms in total. The monoisotopic (exact) mass is 220 g/mol. The Morgan fingerprint density at radius 1 is 1.31 bits per heavy atom. The average Bonchev–Trinajstić information content (AvgIpc) is 2.84. The van der Waals surface area contributed by atoms with E-state index in [1.54, 1.807) is 6.07 Å². The summed E-state index contributed by atoms with van der Waals surface area (Å²) in [6, 6.07) is 7.39. The van der Waals surface area contributed by atoms with Crippen LogP contribution >= 0.6 is 0 Å². The molecule has 86 valence electrons. The molecule has 1 fully saturated rings. The van der Waals surface area contributed by atoms with Crippen LogP contribution in [0.3, 0.4) is 0 Å². The van der Waals surface area contributed by atoms with E-state index in [-0.39, 0.29) is 12.6 Å². The highest BCUT2D eigenvalue weighted by atomic mass is 19.1. The zero-order valence-electron chi connectivity index (χ0n) is 9.36. The van der Waals surface area contributed by atoms with Crippen molar-refractivity contribution in [2.75, 3.05) is 6.67 Å². The summed E-state index contributed by atoms with van der Waals surface area (Å²) in [6.07, 6.45) is 5.44. The molecule has 0 amide bonds. The Morgan fingerprint density at radius 3 is 2.62 bits per heavy atom. The van der Waals surface area contributed by atoms with Crippen LogP contribution in [0.4, 0.5) is 4.39 Å². The van der Waals surface area contributed by atoms with E-state index in [2.05, 4.69) is 0 Å². The highest BCUT2D eigenvalue weighted by Crippen LogP contribution is 2.38. The van der Waals surface area contributed by atoms with Gasteiger partial charge in [-0.05, 0) is 24.3 Å². The molecule has 0 heterocycles. The largest absolute Gasteiger partial charge is 0.298 e. The molecule has 1 saturated carbocycles. The van der Waals surface area contributed by atoms with Crippen LogP contribution < -0.4 is 0 Å². The number of benzene rings is 1. The molecular weight excluding hydrogens is 203 g/mol. The fraction of sp³-hybridized carbons (Fsp3) is 0.500. The fourth-order valence-corrected chi connectivity index (χ4v) is 2.78. The minimum absolute atomic E-state index is 0.0797. The standard InChI is InChI=1S/C14H17FO/c15-9-14(11-5-1-2-6-11)13-8-4-3-7-12(13)10-16/h3-4,7-8,10-11,14H,1-2,5-6,9H2. The van der Waals surface area contributed by atoms with Gasteiger partial charge in [0.25, 0.3) is 0 Å². The van der Waals surface area contributed by atoms with E-state index >= 15 is 0 Å². The lowest BCUT2D eigenvalue weighted by Crippen LogP contribution is -2.13. The van der Waals surface area contributed by atoms with Crippen LogP contribution in [0.2, 0.25) is 0 Å². The van der Waals surface area contributed by atoms with Crippen molar-refractivity contribution in [1.29, 1.82) is 0 Å². The maximum atomic E-state index is 13.2. The van der Waals surface area contributed by atoms with Gasteiger partial charge in [0.2, 0.25) is 0 Å². The molecule has 1 aromatic carbocycles. The van der Waals surface area contributed by atoms with Gasteiger partial charge in [-0.1, -0.05) is 37.1 Å². The third-order valence-corrected chi connectivity index (χ3v) is 3.66. The van der Waals surface area contributed by atoms with Crippen molar-refractivity contribution in [2.45, 2.75) is 31.6 Å². The Kier molecular flexibility index (Phi) is 3.70. The van der Waals surface area contributed by atoms with Crippen LogP contribution in [0.25, 0.3) is 0 Å². The van der Waals surface area contributed by atoms with Gasteiger partial charge < -0.3 is 0 Å². The molecule has 1 unspecified atom stereocenters. The first-order valence-corrected chi connectivity index (χ1v) is 5.97. The molecular formula is C14H17FO. The predicted octanol–water partition coefficient (Wildman–Crippen LogP) is 3.74. The van der Waals surface area contributed by atoms with Gasteiger partial charge in [-0.15, -0.1) is 0 Å². The number of rotatable bonds is 4. The zero-order chi connectivity index (χ0) is 11.4. The molecule has 0 aliphatic heterocycles. The van der Waals surface area contributed by atoms with E-state index in [1.807, 2.05) is 18.2 Å². The van der Waals surface area contributed by atoms with E-state index in [1.165, 1.54) is 12.8 Å². The summed E-state index contributed by atoms with van der Waals surface area (Å²) in [5.74, 6) is 0.343. The van der Waals surface area contributed by atoms with Gasteiger partial charge in [0, 0.05) is 11.5 Å². The molecule has 0 spiro atoms. The van der Waals surface area contributed by atoms with Crippen molar-refractivity contribution in [2.24, 2.45) is 5.92 Å². The zero-order valence-corrected chi connectivity index (χ0v) is 9.36. The molecule has 2 heteroatoms. The Bertz CT molecular complexity index is 356. The molecule has 0 N–H and O–H groups in total. The molecule has 1 atom stereocenters. The van der Waals surface area contributed by atoms with Crippen LogP contribution in [0.1, 0.15) is 47.5 Å². The molecule has 1 aliphatic rings. The average molecular weight is 220 g/mol. The van der Waals surface area contributed by atoms with Crippen molar-refractivity contribution in [3.05, 3.63) is 35.4 Å². The van der Waals surface area contributed by atoms with Gasteiger partial charge >= 0.3 is 0 Å². The number of carbonyl (C=O) groups excluding carboxylic acids is 1. The van der Waals surface area contributed by atoms with Gasteiger partial charge in [0.15, 0.2) is 0 Å². The van der Waals surface area contributed by atoms with Crippen LogP contribution in [-0.2, 0) is 0 Å². The second-order valence-corrected chi connectivity index (χ2v) is 4.55. The number of carbonyl (C=O) groups is 1. The van der Waals surface area contributed by atoms with Crippen LogP contribution in [-0.4, -0.2) is 13.0 Å². The summed E-state index contributed by atoms with van der Waals surface area (Å²) in [5, 5.41) is 0. The normalized spacial score (nSPS) is 18.6. The lowest BCUT2D eigenvalue weighted by Gasteiger charge is -2.21. The maximum Gasteiger partial charge on any atom is 0.150 e. The predicted molar refractivity (Wildman–Crippen MR) is 62.5 cm³/mol. The van der Waals surface area contributed by atoms with E-state index < -0.39 is 0 Å². The lowest BCUT2D eigenvalue weighted by atomic mass is 9.84. The lowest BCUT2D eigenvalue weighted by molar-refractivity contribution is 0.112. The summed E-state index contributed by atoms with van der Waals surface area (Å²) in [7, 11) is 0. The molecule has 0 radical (unpaired) electrons. The van der Waals surface area contributed by atoms with Crippen molar-refractivity contribution in [3.63, 3.8) is 0 Å². The molecule has 0 aromatic heterocycles. The van der Waals surface area contributed by atoms with E-state index in [4.69, 9.17) is 0 Å².